The summed E-state index contributed by atoms with van der Waals surface area (Å²) in [5, 5.41) is 11.9. The number of aryl methyl sites for hydroxylation is 1. The topological polar surface area (TPSA) is 51.0 Å². The summed E-state index contributed by atoms with van der Waals surface area (Å²) in [5.74, 6) is 1.71. The van der Waals surface area contributed by atoms with Gasteiger partial charge in [-0.15, -0.1) is 10.2 Å². The highest BCUT2D eigenvalue weighted by molar-refractivity contribution is 5.06. The Bertz CT molecular complexity index is 369. The van der Waals surface area contributed by atoms with Gasteiger partial charge in [-0.05, 0) is 45.2 Å². The first-order valence-electron chi connectivity index (χ1n) is 7.84. The van der Waals surface area contributed by atoms with Crippen LogP contribution in [-0.2, 0) is 11.8 Å². The second-order valence-electron chi connectivity index (χ2n) is 5.70. The quantitative estimate of drug-likeness (QED) is 0.733. The molecule has 1 fully saturated rings. The molecule has 1 saturated carbocycles. The summed E-state index contributed by atoms with van der Waals surface area (Å²) in [6, 6.07) is 0. The number of hydrogen-bond donors (Lipinski definition) is 1. The fraction of sp³-hybridized carbons (Fsp3) is 0.867. The van der Waals surface area contributed by atoms with Gasteiger partial charge in [-0.2, -0.15) is 0 Å². The smallest absolute Gasteiger partial charge is 0.222 e. The minimum Gasteiger partial charge on any atom is -0.425 e. The maximum Gasteiger partial charge on any atom is 0.222 e. The molecule has 4 nitrogen and oxygen atoms in total. The molecule has 0 bridgehead atoms. The van der Waals surface area contributed by atoms with Crippen molar-refractivity contribution in [3.8, 4) is 0 Å². The van der Waals surface area contributed by atoms with Crippen molar-refractivity contribution in [3.63, 3.8) is 0 Å². The van der Waals surface area contributed by atoms with E-state index in [9.17, 15) is 0 Å². The second kappa shape index (κ2) is 7.04. The summed E-state index contributed by atoms with van der Waals surface area (Å²) in [5.41, 5.74) is 0.186. The number of aromatic nitrogens is 2. The lowest BCUT2D eigenvalue weighted by atomic mass is 9.83. The Morgan fingerprint density at radius 1 is 1.16 bits per heavy atom. The lowest BCUT2D eigenvalue weighted by Crippen LogP contribution is -2.21. The molecule has 1 aliphatic rings. The van der Waals surface area contributed by atoms with E-state index in [4.69, 9.17) is 4.42 Å². The number of nitrogens with zero attached hydrogens (tertiary/aromatic N) is 2. The first-order chi connectivity index (χ1) is 9.30. The van der Waals surface area contributed by atoms with Gasteiger partial charge in [0, 0.05) is 11.8 Å². The Kier molecular flexibility index (Phi) is 5.37. The van der Waals surface area contributed by atoms with Crippen LogP contribution in [0, 0.1) is 0 Å². The molecule has 1 aromatic rings. The van der Waals surface area contributed by atoms with Crippen molar-refractivity contribution in [3.05, 3.63) is 11.8 Å². The van der Waals surface area contributed by atoms with Crippen molar-refractivity contribution < 1.29 is 4.42 Å². The van der Waals surface area contributed by atoms with Gasteiger partial charge < -0.3 is 9.73 Å². The highest BCUT2D eigenvalue weighted by Crippen LogP contribution is 2.42. The number of nitrogens with one attached hydrogen (secondary N) is 1. The van der Waals surface area contributed by atoms with Crippen molar-refractivity contribution in [2.45, 2.75) is 70.6 Å². The van der Waals surface area contributed by atoms with Crippen LogP contribution in [0.1, 0.15) is 70.6 Å². The lowest BCUT2D eigenvalue weighted by Gasteiger charge is -2.22. The molecular weight excluding hydrogens is 238 g/mol. The molecular formula is C15H27N3O. The Morgan fingerprint density at radius 3 is 2.63 bits per heavy atom. The number of rotatable bonds is 8. The van der Waals surface area contributed by atoms with E-state index in [0.717, 1.165) is 44.1 Å². The van der Waals surface area contributed by atoms with Crippen molar-refractivity contribution >= 4 is 0 Å². The summed E-state index contributed by atoms with van der Waals surface area (Å²) in [4.78, 5) is 0. The van der Waals surface area contributed by atoms with Crippen LogP contribution in [0.15, 0.2) is 4.42 Å². The molecule has 108 valence electrons. The third-order valence-corrected chi connectivity index (χ3v) is 4.33. The predicted octanol–water partition coefficient (Wildman–Crippen LogP) is 3.22. The van der Waals surface area contributed by atoms with Crippen LogP contribution in [0.4, 0.5) is 0 Å². The Labute approximate surface area is 116 Å². The molecule has 1 heterocycles. The lowest BCUT2D eigenvalue weighted by molar-refractivity contribution is 0.304. The molecule has 1 N–H and O–H groups in total. The molecule has 0 amide bonds. The van der Waals surface area contributed by atoms with Gasteiger partial charge in [0.1, 0.15) is 0 Å². The zero-order chi connectivity index (χ0) is 13.6. The summed E-state index contributed by atoms with van der Waals surface area (Å²) in [6.07, 6.45) is 9.28. The summed E-state index contributed by atoms with van der Waals surface area (Å²) in [7, 11) is 0. The standard InChI is InChI=1S/C15H27N3O/c1-3-11-16-12-7-8-13-17-18-14(19-13)15(4-2)9-5-6-10-15/h16H,3-12H2,1-2H3. The summed E-state index contributed by atoms with van der Waals surface area (Å²) >= 11 is 0. The van der Waals surface area contributed by atoms with Crippen molar-refractivity contribution in [2.24, 2.45) is 0 Å². The van der Waals surface area contributed by atoms with Gasteiger partial charge in [-0.3, -0.25) is 0 Å². The normalized spacial score (nSPS) is 18.0. The minimum atomic E-state index is 0.186. The van der Waals surface area contributed by atoms with Crippen molar-refractivity contribution in [1.29, 1.82) is 0 Å². The fourth-order valence-electron chi connectivity index (χ4n) is 3.01. The Morgan fingerprint density at radius 2 is 1.95 bits per heavy atom. The van der Waals surface area contributed by atoms with Crippen LogP contribution in [0.5, 0.6) is 0 Å². The molecule has 0 aromatic carbocycles. The van der Waals surface area contributed by atoms with Crippen LogP contribution in [0.2, 0.25) is 0 Å². The van der Waals surface area contributed by atoms with Crippen molar-refractivity contribution in [2.75, 3.05) is 13.1 Å². The molecule has 0 aliphatic heterocycles. The van der Waals surface area contributed by atoms with E-state index in [0.29, 0.717) is 0 Å². The largest absolute Gasteiger partial charge is 0.425 e. The van der Waals surface area contributed by atoms with Crippen LogP contribution in [0.3, 0.4) is 0 Å². The molecule has 0 unspecified atom stereocenters. The first kappa shape index (κ1) is 14.5. The molecule has 2 rings (SSSR count). The fourth-order valence-corrected chi connectivity index (χ4v) is 3.01. The second-order valence-corrected chi connectivity index (χ2v) is 5.70. The van der Waals surface area contributed by atoms with Crippen LogP contribution in [0.25, 0.3) is 0 Å². The molecule has 0 radical (unpaired) electrons. The van der Waals surface area contributed by atoms with Gasteiger partial charge in [0.25, 0.3) is 0 Å². The van der Waals surface area contributed by atoms with Gasteiger partial charge in [0.2, 0.25) is 11.8 Å². The van der Waals surface area contributed by atoms with Gasteiger partial charge in [-0.25, -0.2) is 0 Å². The molecule has 0 spiro atoms. The minimum absolute atomic E-state index is 0.186. The summed E-state index contributed by atoms with van der Waals surface area (Å²) < 4.78 is 5.92. The van der Waals surface area contributed by atoms with E-state index in [1.165, 1.54) is 32.1 Å². The monoisotopic (exact) mass is 265 g/mol. The Hall–Kier alpha value is -0.900. The number of hydrogen-bond acceptors (Lipinski definition) is 4. The van der Waals surface area contributed by atoms with Gasteiger partial charge >= 0.3 is 0 Å². The highest BCUT2D eigenvalue weighted by atomic mass is 16.4. The average molecular weight is 265 g/mol. The Balaban J connectivity index is 1.84. The maximum absolute atomic E-state index is 5.92. The van der Waals surface area contributed by atoms with E-state index >= 15 is 0 Å². The predicted molar refractivity (Wildman–Crippen MR) is 76.2 cm³/mol. The van der Waals surface area contributed by atoms with Crippen LogP contribution < -0.4 is 5.32 Å². The van der Waals surface area contributed by atoms with E-state index in [-0.39, 0.29) is 5.41 Å². The molecule has 19 heavy (non-hydrogen) atoms. The third-order valence-electron chi connectivity index (χ3n) is 4.33. The zero-order valence-corrected chi connectivity index (χ0v) is 12.4. The SMILES string of the molecule is CCCNCCCc1nnc(C2(CC)CCCC2)o1. The zero-order valence-electron chi connectivity index (χ0n) is 12.4. The molecule has 1 aromatic heterocycles. The molecule has 0 saturated heterocycles. The summed E-state index contributed by atoms with van der Waals surface area (Å²) in [6.45, 7) is 6.55. The highest BCUT2D eigenvalue weighted by Gasteiger charge is 2.38. The van der Waals surface area contributed by atoms with E-state index < -0.39 is 0 Å². The molecule has 1 aliphatic carbocycles. The van der Waals surface area contributed by atoms with Gasteiger partial charge in [0.05, 0.1) is 0 Å². The first-order valence-corrected chi connectivity index (χ1v) is 7.84. The van der Waals surface area contributed by atoms with E-state index in [1.807, 2.05) is 0 Å². The van der Waals surface area contributed by atoms with Crippen molar-refractivity contribution in [1.82, 2.24) is 15.5 Å². The maximum atomic E-state index is 5.92. The van der Waals surface area contributed by atoms with Crippen LogP contribution in [-0.4, -0.2) is 23.3 Å². The van der Waals surface area contributed by atoms with Gasteiger partial charge in [-0.1, -0.05) is 26.7 Å². The van der Waals surface area contributed by atoms with E-state index in [1.54, 1.807) is 0 Å². The third kappa shape index (κ3) is 3.56. The molecule has 4 heteroatoms. The molecule has 0 atom stereocenters. The van der Waals surface area contributed by atoms with E-state index in [2.05, 4.69) is 29.4 Å². The average Bonchev–Trinajstić information content (AvgIpc) is 3.08. The van der Waals surface area contributed by atoms with Crippen LogP contribution >= 0.6 is 0 Å². The van der Waals surface area contributed by atoms with Gasteiger partial charge in [0.15, 0.2) is 0 Å².